The Labute approximate surface area is 125 Å². The van der Waals surface area contributed by atoms with E-state index in [1.807, 2.05) is 26.0 Å². The number of halogens is 2. The Morgan fingerprint density at radius 2 is 2.21 bits per heavy atom. The molecule has 0 saturated heterocycles. The number of rotatable bonds is 4. The lowest BCUT2D eigenvalue weighted by Gasteiger charge is -2.10. The summed E-state index contributed by atoms with van der Waals surface area (Å²) in [5.41, 5.74) is 0.986. The van der Waals surface area contributed by atoms with Gasteiger partial charge >= 0.3 is 0 Å². The molecule has 1 heterocycles. The number of nitrogens with one attached hydrogen (secondary N) is 1. The Bertz CT molecular complexity index is 592. The summed E-state index contributed by atoms with van der Waals surface area (Å²) in [5, 5.41) is 3.66. The van der Waals surface area contributed by atoms with Crippen molar-refractivity contribution in [3.05, 3.63) is 39.5 Å². The molecule has 2 rings (SSSR count). The van der Waals surface area contributed by atoms with E-state index in [2.05, 4.69) is 31.2 Å². The minimum Gasteiger partial charge on any atom is -0.437 e. The largest absolute Gasteiger partial charge is 0.437 e. The number of aromatic nitrogens is 2. The Kier molecular flexibility index (Phi) is 4.61. The van der Waals surface area contributed by atoms with Crippen LogP contribution in [-0.4, -0.2) is 16.5 Å². The van der Waals surface area contributed by atoms with E-state index >= 15 is 0 Å². The lowest BCUT2D eigenvalue weighted by Crippen LogP contribution is -2.03. The van der Waals surface area contributed by atoms with E-state index in [0.717, 1.165) is 12.1 Å². The van der Waals surface area contributed by atoms with Crippen LogP contribution in [0.15, 0.2) is 28.9 Å². The third-order valence-corrected chi connectivity index (χ3v) is 3.18. The van der Waals surface area contributed by atoms with E-state index < -0.39 is 0 Å². The van der Waals surface area contributed by atoms with Gasteiger partial charge in [-0.3, -0.25) is 0 Å². The Morgan fingerprint density at radius 1 is 1.42 bits per heavy atom. The summed E-state index contributed by atoms with van der Waals surface area (Å²) in [5.74, 6) is 1.66. The van der Waals surface area contributed by atoms with E-state index in [4.69, 9.17) is 16.3 Å². The molecule has 6 heteroatoms. The molecular formula is C13H13BrClN3O. The van der Waals surface area contributed by atoms with Crippen molar-refractivity contribution in [1.29, 1.82) is 0 Å². The van der Waals surface area contributed by atoms with Crippen LogP contribution in [-0.2, 0) is 0 Å². The van der Waals surface area contributed by atoms with Gasteiger partial charge in [-0.2, -0.15) is 4.98 Å². The third-order valence-electron chi connectivity index (χ3n) is 2.40. The van der Waals surface area contributed by atoms with Crippen LogP contribution in [0.4, 0.5) is 5.95 Å². The first-order valence-electron chi connectivity index (χ1n) is 5.80. The summed E-state index contributed by atoms with van der Waals surface area (Å²) in [6, 6.07) is 5.49. The predicted octanol–water partition coefficient (Wildman–Crippen LogP) is 4.43. The Hall–Kier alpha value is -1.33. The zero-order valence-electron chi connectivity index (χ0n) is 10.6. The Balaban J connectivity index is 2.31. The standard InChI is InChI=1S/C13H13BrClN3O/c1-3-16-13-17-7-10(14)12(18-13)19-11-6-9(15)5-4-8(11)2/h4-7H,3H2,1-2H3,(H,16,17,18). The maximum atomic E-state index is 5.97. The predicted molar refractivity (Wildman–Crippen MR) is 80.2 cm³/mol. The van der Waals surface area contributed by atoms with Crippen LogP contribution in [0, 0.1) is 6.92 Å². The van der Waals surface area contributed by atoms with Crippen molar-refractivity contribution in [2.24, 2.45) is 0 Å². The number of aryl methyl sites for hydroxylation is 1. The molecule has 1 aromatic heterocycles. The van der Waals surface area contributed by atoms with Crippen molar-refractivity contribution in [3.63, 3.8) is 0 Å². The topological polar surface area (TPSA) is 47.0 Å². The van der Waals surface area contributed by atoms with Crippen LogP contribution in [0.5, 0.6) is 11.6 Å². The third kappa shape index (κ3) is 3.58. The van der Waals surface area contributed by atoms with Gasteiger partial charge in [-0.1, -0.05) is 17.7 Å². The molecule has 0 amide bonds. The summed E-state index contributed by atoms with van der Waals surface area (Å²) in [6.07, 6.45) is 1.65. The van der Waals surface area contributed by atoms with Gasteiger partial charge in [0.15, 0.2) is 0 Å². The molecule has 4 nitrogen and oxygen atoms in total. The molecule has 19 heavy (non-hydrogen) atoms. The number of benzene rings is 1. The first-order chi connectivity index (χ1) is 9.10. The highest BCUT2D eigenvalue weighted by Gasteiger charge is 2.09. The molecule has 0 bridgehead atoms. The second-order valence-corrected chi connectivity index (χ2v) is 5.18. The average Bonchev–Trinajstić information content (AvgIpc) is 2.38. The van der Waals surface area contributed by atoms with Crippen molar-refractivity contribution in [2.45, 2.75) is 13.8 Å². The lowest BCUT2D eigenvalue weighted by atomic mass is 10.2. The maximum Gasteiger partial charge on any atom is 0.238 e. The summed E-state index contributed by atoms with van der Waals surface area (Å²) in [4.78, 5) is 8.43. The van der Waals surface area contributed by atoms with Crippen LogP contribution < -0.4 is 10.1 Å². The quantitative estimate of drug-likeness (QED) is 0.893. The van der Waals surface area contributed by atoms with Crippen LogP contribution in [0.2, 0.25) is 5.02 Å². The molecule has 0 aliphatic carbocycles. The summed E-state index contributed by atoms with van der Waals surface area (Å²) < 4.78 is 6.47. The van der Waals surface area contributed by atoms with E-state index in [9.17, 15) is 0 Å². The molecule has 0 spiro atoms. The van der Waals surface area contributed by atoms with Crippen molar-refractivity contribution in [3.8, 4) is 11.6 Å². The van der Waals surface area contributed by atoms with Gasteiger partial charge in [0.05, 0.1) is 10.7 Å². The first kappa shape index (κ1) is 14.1. The van der Waals surface area contributed by atoms with Crippen LogP contribution in [0.3, 0.4) is 0 Å². The van der Waals surface area contributed by atoms with Crippen molar-refractivity contribution < 1.29 is 4.74 Å². The van der Waals surface area contributed by atoms with Gasteiger partial charge in [0.1, 0.15) is 5.75 Å². The average molecular weight is 343 g/mol. The first-order valence-corrected chi connectivity index (χ1v) is 6.97. The van der Waals surface area contributed by atoms with Gasteiger partial charge < -0.3 is 10.1 Å². The second kappa shape index (κ2) is 6.21. The van der Waals surface area contributed by atoms with E-state index in [-0.39, 0.29) is 0 Å². The minimum atomic E-state index is 0.455. The molecule has 0 unspecified atom stereocenters. The Morgan fingerprint density at radius 3 is 2.95 bits per heavy atom. The number of hydrogen-bond acceptors (Lipinski definition) is 4. The normalized spacial score (nSPS) is 10.3. The van der Waals surface area contributed by atoms with Gasteiger partial charge in [0.2, 0.25) is 11.8 Å². The van der Waals surface area contributed by atoms with Crippen molar-refractivity contribution >= 4 is 33.5 Å². The van der Waals surface area contributed by atoms with Crippen LogP contribution >= 0.6 is 27.5 Å². The lowest BCUT2D eigenvalue weighted by molar-refractivity contribution is 0.455. The van der Waals surface area contributed by atoms with Gasteiger partial charge in [-0.05, 0) is 47.5 Å². The summed E-state index contributed by atoms with van der Waals surface area (Å²) in [6.45, 7) is 4.68. The molecule has 0 saturated carbocycles. The highest BCUT2D eigenvalue weighted by molar-refractivity contribution is 9.10. The molecule has 1 aromatic carbocycles. The molecule has 0 aliphatic rings. The van der Waals surface area contributed by atoms with Gasteiger partial charge in [-0.15, -0.1) is 0 Å². The molecule has 0 fully saturated rings. The van der Waals surface area contributed by atoms with Gasteiger partial charge in [-0.25, -0.2) is 4.98 Å². The van der Waals surface area contributed by atoms with Crippen molar-refractivity contribution in [2.75, 3.05) is 11.9 Å². The molecule has 0 radical (unpaired) electrons. The molecule has 2 aromatic rings. The molecule has 100 valence electrons. The van der Waals surface area contributed by atoms with Crippen LogP contribution in [0.1, 0.15) is 12.5 Å². The fourth-order valence-corrected chi connectivity index (χ4v) is 1.89. The number of ether oxygens (including phenoxy) is 1. The zero-order chi connectivity index (χ0) is 13.8. The number of anilines is 1. The fourth-order valence-electron chi connectivity index (χ4n) is 1.45. The molecule has 0 atom stereocenters. The number of nitrogens with zero attached hydrogens (tertiary/aromatic N) is 2. The summed E-state index contributed by atoms with van der Waals surface area (Å²) >= 11 is 9.34. The molecular weight excluding hydrogens is 330 g/mol. The maximum absolute atomic E-state index is 5.97. The second-order valence-electron chi connectivity index (χ2n) is 3.89. The van der Waals surface area contributed by atoms with E-state index in [1.165, 1.54) is 0 Å². The SMILES string of the molecule is CCNc1ncc(Br)c(Oc2cc(Cl)ccc2C)n1. The molecule has 0 aliphatic heterocycles. The monoisotopic (exact) mass is 341 g/mol. The molecule has 1 N–H and O–H groups in total. The zero-order valence-corrected chi connectivity index (χ0v) is 12.9. The van der Waals surface area contributed by atoms with Crippen molar-refractivity contribution in [1.82, 2.24) is 9.97 Å². The van der Waals surface area contributed by atoms with Gasteiger partial charge in [0.25, 0.3) is 0 Å². The minimum absolute atomic E-state index is 0.455. The van der Waals surface area contributed by atoms with E-state index in [0.29, 0.717) is 27.1 Å². The summed E-state index contributed by atoms with van der Waals surface area (Å²) in [7, 11) is 0. The highest BCUT2D eigenvalue weighted by Crippen LogP contribution is 2.31. The number of hydrogen-bond donors (Lipinski definition) is 1. The van der Waals surface area contributed by atoms with Gasteiger partial charge in [0, 0.05) is 11.6 Å². The highest BCUT2D eigenvalue weighted by atomic mass is 79.9. The van der Waals surface area contributed by atoms with Crippen LogP contribution in [0.25, 0.3) is 0 Å². The van der Waals surface area contributed by atoms with E-state index in [1.54, 1.807) is 12.3 Å². The fraction of sp³-hybridized carbons (Fsp3) is 0.231. The smallest absolute Gasteiger partial charge is 0.238 e.